The highest BCUT2D eigenvalue weighted by Gasteiger charge is 2.26. The molecule has 7 heavy (non-hydrogen) atoms. The SMILES string of the molecule is [C]1[C@@H]2C=C[C@H]1CC2. The van der Waals surface area contributed by atoms with Gasteiger partial charge in [-0.3, -0.25) is 0 Å². The maximum Gasteiger partial charge on any atom is -0.00246 e. The van der Waals surface area contributed by atoms with Gasteiger partial charge in [-0.05, 0) is 31.1 Å². The summed E-state index contributed by atoms with van der Waals surface area (Å²) >= 11 is 0. The highest BCUT2D eigenvalue weighted by atomic mass is 14.3. The number of rotatable bonds is 0. The molecule has 2 aliphatic rings. The van der Waals surface area contributed by atoms with Crippen LogP contribution >= 0.6 is 0 Å². The maximum atomic E-state index is 3.42. The van der Waals surface area contributed by atoms with Crippen molar-refractivity contribution in [3.05, 3.63) is 18.6 Å². The average molecular weight is 92.1 g/mol. The van der Waals surface area contributed by atoms with E-state index >= 15 is 0 Å². The lowest BCUT2D eigenvalue weighted by Crippen LogP contribution is -1.82. The van der Waals surface area contributed by atoms with Gasteiger partial charge in [-0.2, -0.15) is 0 Å². The molecule has 2 radical (unpaired) electrons. The maximum absolute atomic E-state index is 3.42. The van der Waals surface area contributed by atoms with Gasteiger partial charge >= 0.3 is 0 Å². The van der Waals surface area contributed by atoms with Gasteiger partial charge in [0.05, 0.1) is 0 Å². The number of fused-ring (bicyclic) bond motifs is 2. The van der Waals surface area contributed by atoms with Gasteiger partial charge in [0.15, 0.2) is 0 Å². The minimum Gasteiger partial charge on any atom is -0.0845 e. The fraction of sp³-hybridized carbons (Fsp3) is 0.571. The lowest BCUT2D eigenvalue weighted by molar-refractivity contribution is 0.705. The quantitative estimate of drug-likeness (QED) is 0.399. The van der Waals surface area contributed by atoms with Crippen LogP contribution in [0.1, 0.15) is 12.8 Å². The van der Waals surface area contributed by atoms with E-state index in [1.807, 2.05) is 0 Å². The van der Waals surface area contributed by atoms with E-state index in [1.165, 1.54) is 12.8 Å². The van der Waals surface area contributed by atoms with Gasteiger partial charge in [-0.1, -0.05) is 12.2 Å². The smallest absolute Gasteiger partial charge is 0.00246 e. The van der Waals surface area contributed by atoms with Crippen LogP contribution < -0.4 is 0 Å². The lowest BCUT2D eigenvalue weighted by atomic mass is 10.1. The van der Waals surface area contributed by atoms with E-state index in [0.29, 0.717) is 0 Å². The zero-order chi connectivity index (χ0) is 4.69. The van der Waals surface area contributed by atoms with Crippen LogP contribution in [0.2, 0.25) is 0 Å². The van der Waals surface area contributed by atoms with Crippen molar-refractivity contribution in [2.75, 3.05) is 0 Å². The zero-order valence-corrected chi connectivity index (χ0v) is 4.22. The first-order valence-corrected chi connectivity index (χ1v) is 2.89. The van der Waals surface area contributed by atoms with Gasteiger partial charge in [0, 0.05) is 0 Å². The summed E-state index contributed by atoms with van der Waals surface area (Å²) in [5, 5.41) is 0. The minimum atomic E-state index is 0.741. The molecule has 0 heterocycles. The molecule has 36 valence electrons. The van der Waals surface area contributed by atoms with Gasteiger partial charge in [-0.25, -0.2) is 0 Å². The summed E-state index contributed by atoms with van der Waals surface area (Å²) in [5.41, 5.74) is 0. The molecule has 0 aromatic heterocycles. The lowest BCUT2D eigenvalue weighted by Gasteiger charge is -1.96. The predicted molar refractivity (Wildman–Crippen MR) is 28.6 cm³/mol. The molecular formula is C7H8. The summed E-state index contributed by atoms with van der Waals surface area (Å²) in [6, 6.07) is 0. The van der Waals surface area contributed by atoms with Crippen LogP contribution in [0, 0.1) is 18.3 Å². The Morgan fingerprint density at radius 2 is 1.71 bits per heavy atom. The van der Waals surface area contributed by atoms with Crippen LogP contribution in [0.5, 0.6) is 0 Å². The third-order valence-corrected chi connectivity index (χ3v) is 1.79. The summed E-state index contributed by atoms with van der Waals surface area (Å²) in [7, 11) is 0. The number of hydrogen-bond acceptors (Lipinski definition) is 0. The summed E-state index contributed by atoms with van der Waals surface area (Å²) in [6.45, 7) is 0. The van der Waals surface area contributed by atoms with Crippen LogP contribution in [-0.2, 0) is 0 Å². The van der Waals surface area contributed by atoms with Gasteiger partial charge in [0.1, 0.15) is 0 Å². The van der Waals surface area contributed by atoms with E-state index in [4.69, 9.17) is 0 Å². The Kier molecular flexibility index (Phi) is 0.592. The minimum absolute atomic E-state index is 0.741. The van der Waals surface area contributed by atoms with Gasteiger partial charge in [0.25, 0.3) is 0 Å². The van der Waals surface area contributed by atoms with Crippen LogP contribution in [0.25, 0.3) is 0 Å². The standard InChI is InChI=1S/C7H8/c1-2-7-4-3-6(1)5-7/h1-2,6-7H,3-4H2/t6-,7+. The van der Waals surface area contributed by atoms with Crippen molar-refractivity contribution in [3.63, 3.8) is 0 Å². The summed E-state index contributed by atoms with van der Waals surface area (Å²) in [6.07, 6.45) is 10.7. The van der Waals surface area contributed by atoms with Crippen molar-refractivity contribution in [1.82, 2.24) is 0 Å². The molecule has 2 aliphatic carbocycles. The van der Waals surface area contributed by atoms with Crippen molar-refractivity contribution in [3.8, 4) is 0 Å². The summed E-state index contributed by atoms with van der Waals surface area (Å²) in [5.74, 6) is 1.48. The van der Waals surface area contributed by atoms with Crippen LogP contribution in [-0.4, -0.2) is 0 Å². The Morgan fingerprint density at radius 3 is 1.86 bits per heavy atom. The van der Waals surface area contributed by atoms with Crippen molar-refractivity contribution in [1.29, 1.82) is 0 Å². The van der Waals surface area contributed by atoms with Crippen molar-refractivity contribution < 1.29 is 0 Å². The molecule has 0 heteroatoms. The molecule has 0 amide bonds. The molecule has 0 spiro atoms. The molecule has 2 rings (SSSR count). The molecule has 1 fully saturated rings. The average Bonchev–Trinajstić information content (AvgIpc) is 2.22. The highest BCUT2D eigenvalue weighted by Crippen LogP contribution is 2.37. The molecule has 0 unspecified atom stereocenters. The second kappa shape index (κ2) is 1.12. The Balaban J connectivity index is 2.27. The molecular weight excluding hydrogens is 84.1 g/mol. The first-order chi connectivity index (χ1) is 3.45. The van der Waals surface area contributed by atoms with Crippen LogP contribution in [0.3, 0.4) is 0 Å². The molecule has 0 aromatic carbocycles. The predicted octanol–water partition coefficient (Wildman–Crippen LogP) is 1.66. The molecule has 0 saturated heterocycles. The second-order valence-electron chi connectivity index (χ2n) is 2.34. The Bertz CT molecular complexity index is 90.6. The molecule has 2 bridgehead atoms. The number of hydrogen-bond donors (Lipinski definition) is 0. The Morgan fingerprint density at radius 1 is 1.14 bits per heavy atom. The van der Waals surface area contributed by atoms with Crippen LogP contribution in [0.4, 0.5) is 0 Å². The Labute approximate surface area is 44.2 Å². The van der Waals surface area contributed by atoms with Crippen molar-refractivity contribution in [2.24, 2.45) is 11.8 Å². The third kappa shape index (κ3) is 0.425. The van der Waals surface area contributed by atoms with E-state index < -0.39 is 0 Å². The normalized spacial score (nSPS) is 45.7. The highest BCUT2D eigenvalue weighted by molar-refractivity contribution is 5.16. The first kappa shape index (κ1) is 3.71. The fourth-order valence-electron chi connectivity index (χ4n) is 1.37. The third-order valence-electron chi connectivity index (χ3n) is 1.79. The Hall–Kier alpha value is -0.260. The molecule has 0 nitrogen and oxygen atoms in total. The van der Waals surface area contributed by atoms with Gasteiger partial charge in [-0.15, -0.1) is 0 Å². The second-order valence-corrected chi connectivity index (χ2v) is 2.34. The largest absolute Gasteiger partial charge is 0.0845 e. The van der Waals surface area contributed by atoms with Crippen molar-refractivity contribution in [2.45, 2.75) is 12.8 Å². The monoisotopic (exact) mass is 92.1 g/mol. The zero-order valence-electron chi connectivity index (χ0n) is 4.22. The van der Waals surface area contributed by atoms with Crippen LogP contribution in [0.15, 0.2) is 12.2 Å². The summed E-state index contributed by atoms with van der Waals surface area (Å²) in [4.78, 5) is 0. The molecule has 0 aliphatic heterocycles. The van der Waals surface area contributed by atoms with E-state index in [9.17, 15) is 0 Å². The van der Waals surface area contributed by atoms with E-state index in [-0.39, 0.29) is 0 Å². The van der Waals surface area contributed by atoms with E-state index in [1.54, 1.807) is 0 Å². The van der Waals surface area contributed by atoms with E-state index in [2.05, 4.69) is 18.6 Å². The van der Waals surface area contributed by atoms with Gasteiger partial charge in [0.2, 0.25) is 0 Å². The first-order valence-electron chi connectivity index (χ1n) is 2.89. The molecule has 0 aromatic rings. The fourth-order valence-corrected chi connectivity index (χ4v) is 1.37. The molecule has 2 atom stereocenters. The van der Waals surface area contributed by atoms with Gasteiger partial charge < -0.3 is 0 Å². The topological polar surface area (TPSA) is 0 Å². The molecule has 0 N–H and O–H groups in total. The van der Waals surface area contributed by atoms with E-state index in [0.717, 1.165) is 11.8 Å². The summed E-state index contributed by atoms with van der Waals surface area (Å²) < 4.78 is 0. The number of allylic oxidation sites excluding steroid dienone is 2. The molecule has 1 saturated carbocycles. The van der Waals surface area contributed by atoms with Crippen molar-refractivity contribution >= 4 is 0 Å².